The number of benzene rings is 1. The normalized spacial score (nSPS) is 12.6. The minimum absolute atomic E-state index is 0.597. The second-order valence-electron chi connectivity index (χ2n) is 1.99. The second-order valence-corrected chi connectivity index (χ2v) is 5.16. The summed E-state index contributed by atoms with van der Waals surface area (Å²) in [7, 11) is 0. The van der Waals surface area contributed by atoms with Gasteiger partial charge in [-0.05, 0) is 63.4 Å². The molecule has 1 atom stereocenters. The van der Waals surface area contributed by atoms with Gasteiger partial charge in [-0.25, -0.2) is 0 Å². The van der Waals surface area contributed by atoms with Crippen LogP contribution in [0.15, 0.2) is 18.2 Å². The lowest BCUT2D eigenvalue weighted by molar-refractivity contribution is 0.542. The molecule has 3 nitrogen and oxygen atoms in total. The minimum Gasteiger partial charge on any atom is -0.755 e. The molecule has 1 N–H and O–H groups in total. The first kappa shape index (κ1) is 10.7. The van der Waals surface area contributed by atoms with Crippen LogP contribution in [0, 0.1) is 7.14 Å². The summed E-state index contributed by atoms with van der Waals surface area (Å²) < 4.78 is 24.9. The molecule has 1 aromatic carbocycles. The van der Waals surface area contributed by atoms with E-state index < -0.39 is 11.3 Å². The van der Waals surface area contributed by atoms with Gasteiger partial charge >= 0.3 is 0 Å². The average Bonchev–Trinajstić information content (AvgIpc) is 1.81. The molecule has 0 aliphatic rings. The van der Waals surface area contributed by atoms with E-state index in [2.05, 4.69) is 49.9 Å². The summed E-state index contributed by atoms with van der Waals surface area (Å²) in [5.74, 6) is 0. The Morgan fingerprint density at radius 2 is 1.75 bits per heavy atom. The van der Waals surface area contributed by atoms with Crippen molar-refractivity contribution in [3.63, 3.8) is 0 Å². The van der Waals surface area contributed by atoms with Crippen molar-refractivity contribution < 1.29 is 8.76 Å². The van der Waals surface area contributed by atoms with E-state index in [-0.39, 0.29) is 0 Å². The fourth-order valence-electron chi connectivity index (χ4n) is 0.709. The van der Waals surface area contributed by atoms with Crippen LogP contribution in [0.2, 0.25) is 0 Å². The number of rotatable bonds is 2. The number of halogens is 2. The summed E-state index contributed by atoms with van der Waals surface area (Å²) in [6, 6.07) is 5.48. The van der Waals surface area contributed by atoms with Gasteiger partial charge in [0.05, 0.1) is 0 Å². The van der Waals surface area contributed by atoms with E-state index in [1.54, 1.807) is 12.1 Å². The summed E-state index contributed by atoms with van der Waals surface area (Å²) >= 11 is 2.02. The third-order valence-corrected chi connectivity index (χ3v) is 2.71. The van der Waals surface area contributed by atoms with Crippen LogP contribution in [0.4, 0.5) is 5.69 Å². The molecule has 1 unspecified atom stereocenters. The van der Waals surface area contributed by atoms with Crippen molar-refractivity contribution in [1.29, 1.82) is 0 Å². The van der Waals surface area contributed by atoms with Crippen LogP contribution in [0.3, 0.4) is 0 Å². The van der Waals surface area contributed by atoms with Crippen molar-refractivity contribution in [3.05, 3.63) is 25.3 Å². The van der Waals surface area contributed by atoms with E-state index in [1.807, 2.05) is 6.07 Å². The van der Waals surface area contributed by atoms with E-state index in [1.165, 1.54) is 0 Å². The highest BCUT2D eigenvalue weighted by Crippen LogP contribution is 2.18. The molecule has 0 spiro atoms. The lowest BCUT2D eigenvalue weighted by Gasteiger charge is -2.08. The average molecular weight is 408 g/mol. The molecule has 0 bridgehead atoms. The topological polar surface area (TPSA) is 52.2 Å². The first-order chi connectivity index (χ1) is 5.58. The Bertz CT molecular complexity index is 298. The lowest BCUT2D eigenvalue weighted by atomic mass is 10.3. The van der Waals surface area contributed by atoms with Gasteiger partial charge in [0.2, 0.25) is 0 Å². The van der Waals surface area contributed by atoms with E-state index in [0.717, 1.165) is 7.14 Å². The van der Waals surface area contributed by atoms with Crippen LogP contribution in [0.5, 0.6) is 0 Å². The molecule has 6 heteroatoms. The molecule has 0 heterocycles. The van der Waals surface area contributed by atoms with Crippen LogP contribution >= 0.6 is 45.2 Å². The highest BCUT2D eigenvalue weighted by Gasteiger charge is 1.95. The summed E-state index contributed by atoms with van der Waals surface area (Å²) in [4.78, 5) is 0. The molecule has 0 aliphatic heterocycles. The van der Waals surface area contributed by atoms with E-state index in [9.17, 15) is 8.76 Å². The fraction of sp³-hybridized carbons (Fsp3) is 0. The molecule has 0 amide bonds. The molecule has 0 aromatic heterocycles. The van der Waals surface area contributed by atoms with Crippen LogP contribution < -0.4 is 4.72 Å². The zero-order valence-corrected chi connectivity index (χ0v) is 10.8. The molecule has 1 rings (SSSR count). The molecule has 1 aromatic rings. The highest BCUT2D eigenvalue weighted by atomic mass is 127. The molecular formula is C6H4I2NO2S-. The largest absolute Gasteiger partial charge is 0.755 e. The van der Waals surface area contributed by atoms with Gasteiger partial charge in [0, 0.05) is 24.1 Å². The van der Waals surface area contributed by atoms with Crippen molar-refractivity contribution in [3.8, 4) is 0 Å². The van der Waals surface area contributed by atoms with Crippen molar-refractivity contribution in [2.75, 3.05) is 4.72 Å². The van der Waals surface area contributed by atoms with E-state index in [4.69, 9.17) is 0 Å². The maximum atomic E-state index is 10.3. The van der Waals surface area contributed by atoms with Crippen molar-refractivity contribution in [2.45, 2.75) is 0 Å². The Morgan fingerprint density at radius 1 is 1.25 bits per heavy atom. The lowest BCUT2D eigenvalue weighted by Crippen LogP contribution is -2.02. The molecule has 12 heavy (non-hydrogen) atoms. The van der Waals surface area contributed by atoms with Crippen LogP contribution in [-0.2, 0) is 11.3 Å². The van der Waals surface area contributed by atoms with Crippen molar-refractivity contribution >= 4 is 62.1 Å². The Morgan fingerprint density at radius 3 is 2.17 bits per heavy atom. The number of hydrogen-bond acceptors (Lipinski definition) is 2. The van der Waals surface area contributed by atoms with Crippen molar-refractivity contribution in [1.82, 2.24) is 0 Å². The third-order valence-electron chi connectivity index (χ3n) is 1.06. The zero-order chi connectivity index (χ0) is 9.14. The predicted molar refractivity (Wildman–Crippen MR) is 64.4 cm³/mol. The predicted octanol–water partition coefficient (Wildman–Crippen LogP) is 2.10. The maximum absolute atomic E-state index is 10.3. The van der Waals surface area contributed by atoms with Crippen molar-refractivity contribution in [2.24, 2.45) is 0 Å². The van der Waals surface area contributed by atoms with Gasteiger partial charge in [0.25, 0.3) is 0 Å². The quantitative estimate of drug-likeness (QED) is 0.603. The van der Waals surface area contributed by atoms with E-state index in [0.29, 0.717) is 5.69 Å². The Kier molecular flexibility index (Phi) is 4.20. The first-order valence-corrected chi connectivity index (χ1v) is 6.13. The summed E-state index contributed by atoms with van der Waals surface area (Å²) in [5, 5.41) is 0. The minimum atomic E-state index is -2.24. The highest BCUT2D eigenvalue weighted by molar-refractivity contribution is 14.1. The van der Waals surface area contributed by atoms with Gasteiger partial charge < -0.3 is 9.27 Å². The summed E-state index contributed by atoms with van der Waals surface area (Å²) in [5.41, 5.74) is 0.597. The Balaban J connectivity index is 2.93. The summed E-state index contributed by atoms with van der Waals surface area (Å²) in [6.07, 6.45) is 0. The van der Waals surface area contributed by atoms with Gasteiger partial charge in [0.15, 0.2) is 0 Å². The van der Waals surface area contributed by atoms with Gasteiger partial charge in [-0.1, -0.05) is 0 Å². The van der Waals surface area contributed by atoms with Crippen LogP contribution in [-0.4, -0.2) is 8.76 Å². The standard InChI is InChI=1S/C6H5I2NO2S/c7-4-1-5(8)3-6(2-4)9-12(10)11/h1-3,9H,(H,10,11)/p-1. The molecule has 0 radical (unpaired) electrons. The molecule has 66 valence electrons. The van der Waals surface area contributed by atoms with Gasteiger partial charge in [-0.15, -0.1) is 0 Å². The number of hydrogen-bond donors (Lipinski definition) is 1. The van der Waals surface area contributed by atoms with Gasteiger partial charge in [-0.3, -0.25) is 4.21 Å². The molecule has 0 fully saturated rings. The molecular weight excluding hydrogens is 404 g/mol. The molecule has 0 saturated heterocycles. The van der Waals surface area contributed by atoms with Crippen LogP contribution in [0.25, 0.3) is 0 Å². The fourth-order valence-corrected chi connectivity index (χ4v) is 2.96. The van der Waals surface area contributed by atoms with E-state index >= 15 is 0 Å². The third kappa shape index (κ3) is 3.54. The Labute approximate surface area is 100 Å². The second kappa shape index (κ2) is 4.72. The monoisotopic (exact) mass is 408 g/mol. The number of anilines is 1. The SMILES string of the molecule is O=S([O-])Nc1cc(I)cc(I)c1. The van der Waals surface area contributed by atoms with Gasteiger partial charge in [0.1, 0.15) is 0 Å². The molecule has 0 saturated carbocycles. The summed E-state index contributed by atoms with van der Waals surface area (Å²) in [6.45, 7) is 0. The Hall–Kier alpha value is 0.590. The van der Waals surface area contributed by atoms with Gasteiger partial charge in [-0.2, -0.15) is 0 Å². The number of nitrogens with one attached hydrogen (secondary N) is 1. The maximum Gasteiger partial charge on any atom is 0.0473 e. The molecule has 0 aliphatic carbocycles. The van der Waals surface area contributed by atoms with Crippen LogP contribution in [0.1, 0.15) is 0 Å². The zero-order valence-electron chi connectivity index (χ0n) is 5.71. The first-order valence-electron chi connectivity index (χ1n) is 2.90. The smallest absolute Gasteiger partial charge is 0.0473 e.